The molecule has 0 aliphatic heterocycles. The number of hydrogen-bond donors (Lipinski definition) is 1. The summed E-state index contributed by atoms with van der Waals surface area (Å²) in [5.41, 5.74) is 0. The molecular weight excluding hydrogens is 324 g/mol. The summed E-state index contributed by atoms with van der Waals surface area (Å²) in [6.07, 6.45) is 3.31. The van der Waals surface area contributed by atoms with E-state index in [1.165, 1.54) is 19.4 Å². The molecule has 0 saturated carbocycles. The van der Waals surface area contributed by atoms with Gasteiger partial charge in [0.2, 0.25) is 0 Å². The quantitative estimate of drug-likeness (QED) is 0.649. The Morgan fingerprint density at radius 2 is 2.50 bits per heavy atom. The van der Waals surface area contributed by atoms with Crippen molar-refractivity contribution < 1.29 is 19.4 Å². The number of aromatic nitrogens is 2. The molecule has 0 amide bonds. The van der Waals surface area contributed by atoms with E-state index in [0.717, 1.165) is 11.6 Å². The SMILES string of the molecule is Cc1nccc(NC=N[CH]=[W])n1. The van der Waals surface area contributed by atoms with Gasteiger partial charge in [-0.15, -0.1) is 0 Å². The van der Waals surface area contributed by atoms with Crippen molar-refractivity contribution in [2.75, 3.05) is 5.32 Å². The summed E-state index contributed by atoms with van der Waals surface area (Å²) >= 11 is 1.32. The van der Waals surface area contributed by atoms with Gasteiger partial charge in [0.1, 0.15) is 0 Å². The van der Waals surface area contributed by atoms with Gasteiger partial charge >= 0.3 is 81.3 Å². The Balaban J connectivity index is 2.63. The van der Waals surface area contributed by atoms with Gasteiger partial charge in [-0.25, -0.2) is 0 Å². The van der Waals surface area contributed by atoms with Crippen LogP contribution in [0.25, 0.3) is 0 Å². The number of rotatable bonds is 3. The van der Waals surface area contributed by atoms with Gasteiger partial charge in [-0.3, -0.25) is 0 Å². The second-order valence-electron chi connectivity index (χ2n) is 2.02. The van der Waals surface area contributed by atoms with Crippen molar-refractivity contribution in [1.82, 2.24) is 9.97 Å². The molecule has 0 unspecified atom stereocenters. The van der Waals surface area contributed by atoms with Crippen molar-refractivity contribution >= 4 is 16.7 Å². The molecule has 1 aromatic rings. The first-order valence-electron chi connectivity index (χ1n) is 3.34. The van der Waals surface area contributed by atoms with Crippen LogP contribution in [0.5, 0.6) is 0 Å². The fourth-order valence-electron chi connectivity index (χ4n) is 0.670. The maximum atomic E-state index is 4.12. The maximum absolute atomic E-state index is 4.12. The average molecular weight is 332 g/mol. The fourth-order valence-corrected chi connectivity index (χ4v) is 0.889. The van der Waals surface area contributed by atoms with Crippen LogP contribution in [-0.4, -0.2) is 20.8 Å². The first-order chi connectivity index (χ1) is 5.83. The summed E-state index contributed by atoms with van der Waals surface area (Å²) in [6, 6.07) is 1.79. The second kappa shape index (κ2) is 4.88. The van der Waals surface area contributed by atoms with Crippen LogP contribution >= 0.6 is 0 Å². The summed E-state index contributed by atoms with van der Waals surface area (Å²) in [5, 5.41) is 2.93. The monoisotopic (exact) mass is 332 g/mol. The van der Waals surface area contributed by atoms with Gasteiger partial charge in [0, 0.05) is 0 Å². The van der Waals surface area contributed by atoms with E-state index in [4.69, 9.17) is 0 Å². The zero-order valence-corrected chi connectivity index (χ0v) is 9.49. The molecule has 12 heavy (non-hydrogen) atoms. The molecule has 1 N–H and O–H groups in total. The third-order valence-electron chi connectivity index (χ3n) is 1.12. The molecule has 1 heterocycles. The molecular formula is C7H8N4W. The standard InChI is InChI=1S/C7H8N4.W/c1-6-9-4-3-7(11-6)10-5-8-2;/h2-5H,1H3,(H,9,10,11);. The van der Waals surface area contributed by atoms with Gasteiger partial charge in [0.25, 0.3) is 0 Å². The molecule has 1 aromatic heterocycles. The van der Waals surface area contributed by atoms with E-state index in [1.807, 2.05) is 6.92 Å². The van der Waals surface area contributed by atoms with Crippen LogP contribution in [0.2, 0.25) is 0 Å². The van der Waals surface area contributed by atoms with E-state index in [0.29, 0.717) is 0 Å². The van der Waals surface area contributed by atoms with E-state index in [9.17, 15) is 0 Å². The summed E-state index contributed by atoms with van der Waals surface area (Å²) in [6.45, 7) is 1.85. The number of hydrogen-bond acceptors (Lipinski definition) is 3. The minimum absolute atomic E-state index is 0.750. The van der Waals surface area contributed by atoms with Crippen LogP contribution in [-0.2, 0) is 19.4 Å². The molecule has 0 radical (unpaired) electrons. The molecule has 0 saturated heterocycles. The molecule has 0 spiro atoms. The number of aryl methyl sites for hydroxylation is 1. The number of nitrogens with one attached hydrogen (secondary N) is 1. The molecule has 62 valence electrons. The van der Waals surface area contributed by atoms with E-state index >= 15 is 0 Å². The molecule has 5 heteroatoms. The minimum atomic E-state index is 0.750. The normalized spacial score (nSPS) is 10.1. The van der Waals surface area contributed by atoms with Crippen molar-refractivity contribution in [3.8, 4) is 0 Å². The summed E-state index contributed by atoms with van der Waals surface area (Å²) < 4.78 is 1.78. The topological polar surface area (TPSA) is 50.2 Å². The number of anilines is 1. The predicted molar refractivity (Wildman–Crippen MR) is 44.9 cm³/mol. The third kappa shape index (κ3) is 3.01. The van der Waals surface area contributed by atoms with Gasteiger partial charge in [0.15, 0.2) is 0 Å². The van der Waals surface area contributed by atoms with Gasteiger partial charge in [-0.2, -0.15) is 0 Å². The molecule has 0 bridgehead atoms. The Labute approximate surface area is 81.6 Å². The summed E-state index contributed by atoms with van der Waals surface area (Å²) in [4.78, 5) is 12.0. The van der Waals surface area contributed by atoms with E-state index in [2.05, 4.69) is 20.3 Å². The molecule has 0 fully saturated rings. The molecule has 0 atom stereocenters. The zero-order valence-electron chi connectivity index (χ0n) is 6.56. The van der Waals surface area contributed by atoms with Gasteiger partial charge < -0.3 is 0 Å². The van der Waals surface area contributed by atoms with E-state index < -0.39 is 0 Å². The van der Waals surface area contributed by atoms with E-state index in [-0.39, 0.29) is 0 Å². The van der Waals surface area contributed by atoms with Crippen LogP contribution in [0.15, 0.2) is 17.3 Å². The van der Waals surface area contributed by atoms with E-state index in [1.54, 1.807) is 23.1 Å². The van der Waals surface area contributed by atoms with Crippen LogP contribution in [0.4, 0.5) is 5.82 Å². The van der Waals surface area contributed by atoms with Crippen molar-refractivity contribution in [2.45, 2.75) is 6.92 Å². The Morgan fingerprint density at radius 3 is 3.17 bits per heavy atom. The van der Waals surface area contributed by atoms with Crippen molar-refractivity contribution in [3.63, 3.8) is 0 Å². The van der Waals surface area contributed by atoms with Crippen LogP contribution < -0.4 is 5.32 Å². The number of aliphatic imine (C=N–C) groups is 1. The van der Waals surface area contributed by atoms with Gasteiger partial charge in [-0.05, 0) is 0 Å². The van der Waals surface area contributed by atoms with Crippen LogP contribution in [0.1, 0.15) is 5.82 Å². The Bertz CT molecular complexity index is 297. The molecule has 1 rings (SSSR count). The fraction of sp³-hybridized carbons (Fsp3) is 0.143. The third-order valence-corrected chi connectivity index (χ3v) is 1.56. The Hall–Kier alpha value is -0.892. The summed E-state index contributed by atoms with van der Waals surface area (Å²) in [5.74, 6) is 1.52. The molecule has 4 nitrogen and oxygen atoms in total. The molecule has 0 aliphatic carbocycles. The van der Waals surface area contributed by atoms with Crippen LogP contribution in [0.3, 0.4) is 0 Å². The second-order valence-corrected chi connectivity index (χ2v) is 2.77. The predicted octanol–water partition coefficient (Wildman–Crippen LogP) is 0.532. The van der Waals surface area contributed by atoms with Crippen molar-refractivity contribution in [3.05, 3.63) is 18.1 Å². The first-order valence-corrected chi connectivity index (χ1v) is 5.04. The Kier molecular flexibility index (Phi) is 3.74. The van der Waals surface area contributed by atoms with Crippen molar-refractivity contribution in [1.29, 1.82) is 0 Å². The molecule has 0 aromatic carbocycles. The van der Waals surface area contributed by atoms with Crippen LogP contribution in [0, 0.1) is 6.92 Å². The zero-order chi connectivity index (χ0) is 8.81. The number of nitrogens with zero attached hydrogens (tertiary/aromatic N) is 3. The van der Waals surface area contributed by atoms with Crippen molar-refractivity contribution in [2.24, 2.45) is 4.99 Å². The Morgan fingerprint density at radius 1 is 1.67 bits per heavy atom. The summed E-state index contributed by atoms with van der Waals surface area (Å²) in [7, 11) is 0. The average Bonchev–Trinajstić information content (AvgIpc) is 2.05. The van der Waals surface area contributed by atoms with Gasteiger partial charge in [0.05, 0.1) is 0 Å². The van der Waals surface area contributed by atoms with Gasteiger partial charge in [-0.1, -0.05) is 0 Å². The molecule has 0 aliphatic rings. The first kappa shape index (κ1) is 9.20.